The first kappa shape index (κ1) is 10.6. The van der Waals surface area contributed by atoms with Gasteiger partial charge < -0.3 is 14.0 Å². The van der Waals surface area contributed by atoms with E-state index in [1.807, 2.05) is 0 Å². The second-order valence-electron chi connectivity index (χ2n) is 4.75. The maximum absolute atomic E-state index is 12.6. The molecular formula is C14H11NO4. The molecule has 2 aromatic rings. The van der Waals surface area contributed by atoms with Gasteiger partial charge in [0.1, 0.15) is 0 Å². The normalized spacial score (nSPS) is 16.6. The summed E-state index contributed by atoms with van der Waals surface area (Å²) in [5.41, 5.74) is 1.03. The van der Waals surface area contributed by atoms with Gasteiger partial charge in [0.25, 0.3) is 0 Å². The van der Waals surface area contributed by atoms with E-state index >= 15 is 0 Å². The van der Waals surface area contributed by atoms with Gasteiger partial charge in [0.05, 0.1) is 17.3 Å². The Bertz CT molecular complexity index is 657. The Balaban J connectivity index is 1.78. The van der Waals surface area contributed by atoms with E-state index in [4.69, 9.17) is 14.0 Å². The maximum Gasteiger partial charge on any atom is 0.231 e. The Labute approximate surface area is 109 Å². The molecule has 1 aliphatic heterocycles. The lowest BCUT2D eigenvalue weighted by atomic mass is 10.0. The van der Waals surface area contributed by atoms with E-state index in [9.17, 15) is 4.79 Å². The van der Waals surface area contributed by atoms with Crippen LogP contribution in [-0.2, 0) is 0 Å². The zero-order valence-corrected chi connectivity index (χ0v) is 10.1. The predicted octanol–water partition coefficient (Wildman–Crippen LogP) is 2.51. The van der Waals surface area contributed by atoms with Gasteiger partial charge in [-0.05, 0) is 25.0 Å². The summed E-state index contributed by atoms with van der Waals surface area (Å²) in [6.07, 6.45) is 3.61. The number of carbonyl (C=O) groups is 1. The second-order valence-corrected chi connectivity index (χ2v) is 4.75. The van der Waals surface area contributed by atoms with Crippen LogP contribution < -0.4 is 9.47 Å². The van der Waals surface area contributed by atoms with Gasteiger partial charge in [0.15, 0.2) is 17.3 Å². The molecule has 1 aliphatic carbocycles. The monoisotopic (exact) mass is 257 g/mol. The molecule has 5 nitrogen and oxygen atoms in total. The van der Waals surface area contributed by atoms with Crippen LogP contribution in [-0.4, -0.2) is 17.7 Å². The molecule has 1 fully saturated rings. The third-order valence-electron chi connectivity index (χ3n) is 3.43. The molecule has 0 bridgehead atoms. The first-order chi connectivity index (χ1) is 9.34. The number of aromatic nitrogens is 1. The number of hydrogen-bond donors (Lipinski definition) is 0. The SMILES string of the molecule is O=C(c1cnoc1C1CC1)c1cccc2c1OCO2. The summed E-state index contributed by atoms with van der Waals surface area (Å²) in [6, 6.07) is 5.30. The molecule has 96 valence electrons. The van der Waals surface area contributed by atoms with E-state index in [-0.39, 0.29) is 12.6 Å². The highest BCUT2D eigenvalue weighted by Crippen LogP contribution is 2.43. The summed E-state index contributed by atoms with van der Waals surface area (Å²) >= 11 is 0. The average molecular weight is 257 g/mol. The van der Waals surface area contributed by atoms with Gasteiger partial charge in [0, 0.05) is 5.92 Å². The summed E-state index contributed by atoms with van der Waals surface area (Å²) in [7, 11) is 0. The Morgan fingerprint density at radius 3 is 2.95 bits per heavy atom. The quantitative estimate of drug-likeness (QED) is 0.790. The van der Waals surface area contributed by atoms with Gasteiger partial charge in [-0.25, -0.2) is 0 Å². The third-order valence-corrected chi connectivity index (χ3v) is 3.43. The summed E-state index contributed by atoms with van der Waals surface area (Å²) in [5, 5.41) is 3.76. The van der Waals surface area contributed by atoms with Crippen molar-refractivity contribution in [3.05, 3.63) is 41.3 Å². The third kappa shape index (κ3) is 1.62. The van der Waals surface area contributed by atoms with Crippen molar-refractivity contribution in [2.75, 3.05) is 6.79 Å². The van der Waals surface area contributed by atoms with Crippen molar-refractivity contribution in [3.63, 3.8) is 0 Å². The van der Waals surface area contributed by atoms with Crippen molar-refractivity contribution in [1.82, 2.24) is 5.16 Å². The maximum atomic E-state index is 12.6. The Hall–Kier alpha value is -2.30. The van der Waals surface area contributed by atoms with E-state index in [0.717, 1.165) is 12.8 Å². The minimum Gasteiger partial charge on any atom is -0.454 e. The lowest BCUT2D eigenvalue weighted by molar-refractivity contribution is 0.103. The number of carbonyl (C=O) groups excluding carboxylic acids is 1. The molecule has 0 spiro atoms. The molecule has 0 amide bonds. The van der Waals surface area contributed by atoms with Crippen LogP contribution in [0.25, 0.3) is 0 Å². The van der Waals surface area contributed by atoms with Crippen LogP contribution in [0.2, 0.25) is 0 Å². The van der Waals surface area contributed by atoms with Gasteiger partial charge in [-0.15, -0.1) is 0 Å². The highest BCUT2D eigenvalue weighted by Gasteiger charge is 2.34. The molecule has 1 saturated carbocycles. The van der Waals surface area contributed by atoms with E-state index in [1.165, 1.54) is 6.20 Å². The van der Waals surface area contributed by atoms with Crippen molar-refractivity contribution >= 4 is 5.78 Å². The fraction of sp³-hybridized carbons (Fsp3) is 0.286. The van der Waals surface area contributed by atoms with E-state index in [2.05, 4.69) is 5.16 Å². The van der Waals surface area contributed by atoms with E-state index in [1.54, 1.807) is 18.2 Å². The van der Waals surface area contributed by atoms with Crippen molar-refractivity contribution in [3.8, 4) is 11.5 Å². The molecule has 0 unspecified atom stereocenters. The minimum atomic E-state index is -0.120. The molecule has 4 rings (SSSR count). The van der Waals surface area contributed by atoms with Crippen LogP contribution in [0.4, 0.5) is 0 Å². The summed E-state index contributed by atoms with van der Waals surface area (Å²) in [6.45, 7) is 0.152. The smallest absolute Gasteiger partial charge is 0.231 e. The van der Waals surface area contributed by atoms with Crippen molar-refractivity contribution < 1.29 is 18.8 Å². The van der Waals surface area contributed by atoms with Gasteiger partial charge in [-0.2, -0.15) is 0 Å². The summed E-state index contributed by atoms with van der Waals surface area (Å²) in [5.74, 6) is 2.04. The van der Waals surface area contributed by atoms with Gasteiger partial charge in [-0.1, -0.05) is 11.2 Å². The Morgan fingerprint density at radius 2 is 2.11 bits per heavy atom. The lowest BCUT2D eigenvalue weighted by Gasteiger charge is -2.04. The molecule has 5 heteroatoms. The number of ketones is 1. The first-order valence-corrected chi connectivity index (χ1v) is 6.22. The van der Waals surface area contributed by atoms with Gasteiger partial charge in [0.2, 0.25) is 12.6 Å². The number of nitrogens with zero attached hydrogens (tertiary/aromatic N) is 1. The second kappa shape index (κ2) is 3.85. The van der Waals surface area contributed by atoms with Crippen LogP contribution in [0.15, 0.2) is 28.9 Å². The zero-order chi connectivity index (χ0) is 12.8. The number of fused-ring (bicyclic) bond motifs is 1. The minimum absolute atomic E-state index is 0.120. The summed E-state index contributed by atoms with van der Waals surface area (Å²) < 4.78 is 15.9. The highest BCUT2D eigenvalue weighted by molar-refractivity contribution is 6.11. The molecular weight excluding hydrogens is 246 g/mol. The molecule has 0 atom stereocenters. The number of rotatable bonds is 3. The van der Waals surface area contributed by atoms with E-state index < -0.39 is 0 Å². The van der Waals surface area contributed by atoms with Crippen LogP contribution in [0.3, 0.4) is 0 Å². The van der Waals surface area contributed by atoms with Crippen LogP contribution in [0.5, 0.6) is 11.5 Å². The predicted molar refractivity (Wildman–Crippen MR) is 64.5 cm³/mol. The Kier molecular flexibility index (Phi) is 2.15. The molecule has 0 saturated heterocycles. The van der Waals surface area contributed by atoms with Crippen LogP contribution in [0, 0.1) is 0 Å². The van der Waals surface area contributed by atoms with Gasteiger partial charge in [-0.3, -0.25) is 4.79 Å². The standard InChI is InChI=1S/C14H11NO4/c16-12(10-6-15-19-13(10)8-4-5-8)9-2-1-3-11-14(9)18-7-17-11/h1-3,6,8H,4-5,7H2. The van der Waals surface area contributed by atoms with Crippen LogP contribution in [0.1, 0.15) is 40.4 Å². The number of para-hydroxylation sites is 1. The Morgan fingerprint density at radius 1 is 1.21 bits per heavy atom. The fourth-order valence-corrected chi connectivity index (χ4v) is 2.31. The lowest BCUT2D eigenvalue weighted by Crippen LogP contribution is -2.04. The number of ether oxygens (including phenoxy) is 2. The molecule has 2 heterocycles. The first-order valence-electron chi connectivity index (χ1n) is 6.22. The van der Waals surface area contributed by atoms with Crippen molar-refractivity contribution in [2.45, 2.75) is 18.8 Å². The number of benzene rings is 1. The summed E-state index contributed by atoms with van der Waals surface area (Å²) in [4.78, 5) is 12.6. The van der Waals surface area contributed by atoms with E-state index in [0.29, 0.717) is 34.3 Å². The molecule has 0 N–H and O–H groups in total. The van der Waals surface area contributed by atoms with Crippen molar-refractivity contribution in [1.29, 1.82) is 0 Å². The fourth-order valence-electron chi connectivity index (χ4n) is 2.31. The topological polar surface area (TPSA) is 61.6 Å². The van der Waals surface area contributed by atoms with Crippen LogP contribution >= 0.6 is 0 Å². The molecule has 0 radical (unpaired) electrons. The molecule has 2 aliphatic rings. The molecule has 1 aromatic heterocycles. The van der Waals surface area contributed by atoms with Crippen molar-refractivity contribution in [2.24, 2.45) is 0 Å². The zero-order valence-electron chi connectivity index (χ0n) is 10.1. The van der Waals surface area contributed by atoms with Gasteiger partial charge >= 0.3 is 0 Å². The average Bonchev–Trinajstić information content (AvgIpc) is 2.98. The number of hydrogen-bond acceptors (Lipinski definition) is 5. The molecule has 1 aromatic carbocycles. The largest absolute Gasteiger partial charge is 0.454 e. The molecule has 19 heavy (non-hydrogen) atoms. The highest BCUT2D eigenvalue weighted by atomic mass is 16.7.